The predicted molar refractivity (Wildman–Crippen MR) is 118 cm³/mol. The molecule has 3 rings (SSSR count). The van der Waals surface area contributed by atoms with E-state index in [0.717, 1.165) is 44.2 Å². The second kappa shape index (κ2) is 10.6. The summed E-state index contributed by atoms with van der Waals surface area (Å²) in [6, 6.07) is 8.35. The van der Waals surface area contributed by atoms with E-state index in [1.54, 1.807) is 7.11 Å². The quantitative estimate of drug-likeness (QED) is 0.554. The topological polar surface area (TPSA) is 69.6 Å². The molecule has 0 radical (unpaired) electrons. The van der Waals surface area contributed by atoms with Crippen LogP contribution in [0.4, 0.5) is 0 Å². The fourth-order valence-corrected chi connectivity index (χ4v) is 4.08. The number of likely N-dealkylation sites (N-methyl/N-ethyl adjacent to an activating group) is 1. The highest BCUT2D eigenvalue weighted by atomic mass is 16.5. The largest absolute Gasteiger partial charge is 0.497 e. The molecule has 166 valence electrons. The van der Waals surface area contributed by atoms with Crippen molar-refractivity contribution >= 4 is 11.9 Å². The SMILES string of the molecule is CN=C(NCC(c1cccc(OC)c1)N(C)C)N1CCN(C(=O)C2CCCO2)CC1. The van der Waals surface area contributed by atoms with E-state index in [-0.39, 0.29) is 18.1 Å². The first-order valence-corrected chi connectivity index (χ1v) is 10.7. The Bertz CT molecular complexity index is 725. The summed E-state index contributed by atoms with van der Waals surface area (Å²) in [7, 11) is 7.64. The number of aliphatic imine (C=N–C) groups is 1. The molecule has 2 unspecified atom stereocenters. The van der Waals surface area contributed by atoms with Crippen LogP contribution in [0, 0.1) is 0 Å². The van der Waals surface area contributed by atoms with Crippen molar-refractivity contribution in [3.05, 3.63) is 29.8 Å². The van der Waals surface area contributed by atoms with Gasteiger partial charge >= 0.3 is 0 Å². The van der Waals surface area contributed by atoms with Gasteiger partial charge in [0.05, 0.1) is 13.2 Å². The Morgan fingerprint density at radius 3 is 2.63 bits per heavy atom. The van der Waals surface area contributed by atoms with Gasteiger partial charge in [-0.05, 0) is 44.6 Å². The Balaban J connectivity index is 1.55. The van der Waals surface area contributed by atoms with E-state index < -0.39 is 0 Å². The van der Waals surface area contributed by atoms with Crippen LogP contribution in [0.5, 0.6) is 5.75 Å². The molecule has 2 aliphatic heterocycles. The van der Waals surface area contributed by atoms with Crippen LogP contribution in [0.1, 0.15) is 24.4 Å². The van der Waals surface area contributed by atoms with Crippen LogP contribution in [-0.2, 0) is 9.53 Å². The number of nitrogens with zero attached hydrogens (tertiary/aromatic N) is 4. The molecule has 2 saturated heterocycles. The first kappa shape index (κ1) is 22.4. The number of hydrogen-bond donors (Lipinski definition) is 1. The number of methoxy groups -OCH3 is 1. The van der Waals surface area contributed by atoms with Crippen molar-refractivity contribution in [1.29, 1.82) is 0 Å². The Labute approximate surface area is 179 Å². The molecule has 0 saturated carbocycles. The van der Waals surface area contributed by atoms with Crippen molar-refractivity contribution in [3.8, 4) is 5.75 Å². The van der Waals surface area contributed by atoms with Crippen molar-refractivity contribution in [2.75, 3.05) is 67.6 Å². The minimum Gasteiger partial charge on any atom is -0.497 e. The Kier molecular flexibility index (Phi) is 7.93. The third kappa shape index (κ3) is 5.43. The molecular formula is C22H35N5O3. The number of guanidine groups is 1. The van der Waals surface area contributed by atoms with Crippen LogP contribution < -0.4 is 10.1 Å². The maximum absolute atomic E-state index is 12.6. The van der Waals surface area contributed by atoms with Gasteiger partial charge in [-0.3, -0.25) is 9.79 Å². The average molecular weight is 418 g/mol. The maximum Gasteiger partial charge on any atom is 0.251 e. The predicted octanol–water partition coefficient (Wildman–Crippen LogP) is 1.20. The average Bonchev–Trinajstić information content (AvgIpc) is 3.31. The molecule has 2 fully saturated rings. The number of nitrogens with one attached hydrogen (secondary N) is 1. The van der Waals surface area contributed by atoms with Crippen molar-refractivity contribution in [2.45, 2.75) is 25.0 Å². The maximum atomic E-state index is 12.6. The molecule has 0 spiro atoms. The second-order valence-electron chi connectivity index (χ2n) is 8.00. The van der Waals surface area contributed by atoms with E-state index >= 15 is 0 Å². The fraction of sp³-hybridized carbons (Fsp3) is 0.636. The highest BCUT2D eigenvalue weighted by Crippen LogP contribution is 2.22. The molecular weight excluding hydrogens is 382 g/mol. The summed E-state index contributed by atoms with van der Waals surface area (Å²) in [6.45, 7) is 4.36. The smallest absolute Gasteiger partial charge is 0.251 e. The van der Waals surface area contributed by atoms with Gasteiger partial charge in [0.2, 0.25) is 0 Å². The summed E-state index contributed by atoms with van der Waals surface area (Å²) in [5.74, 6) is 1.87. The molecule has 1 N–H and O–H groups in total. The molecule has 8 heteroatoms. The number of benzene rings is 1. The van der Waals surface area contributed by atoms with Gasteiger partial charge in [-0.25, -0.2) is 0 Å². The van der Waals surface area contributed by atoms with Gasteiger partial charge in [-0.1, -0.05) is 12.1 Å². The third-order valence-electron chi connectivity index (χ3n) is 5.86. The van der Waals surface area contributed by atoms with Crippen molar-refractivity contribution in [1.82, 2.24) is 20.0 Å². The molecule has 0 aliphatic carbocycles. The number of piperazine rings is 1. The lowest BCUT2D eigenvalue weighted by Crippen LogP contribution is -2.55. The normalized spacial score (nSPS) is 21.1. The first-order chi connectivity index (χ1) is 14.5. The van der Waals surface area contributed by atoms with E-state index in [1.165, 1.54) is 5.56 Å². The summed E-state index contributed by atoms with van der Waals surface area (Å²) >= 11 is 0. The standard InChI is InChI=1S/C22H35N5O3/c1-23-22(24-16-19(25(2)3)17-7-5-8-18(15-17)29-4)27-12-10-26(11-13-27)21(28)20-9-6-14-30-20/h5,7-8,15,19-20H,6,9-14,16H2,1-4H3,(H,23,24). The van der Waals surface area contributed by atoms with Crippen molar-refractivity contribution < 1.29 is 14.3 Å². The molecule has 0 bridgehead atoms. The van der Waals surface area contributed by atoms with Gasteiger partial charge < -0.3 is 29.5 Å². The van der Waals surface area contributed by atoms with E-state index in [1.807, 2.05) is 24.1 Å². The number of amides is 1. The summed E-state index contributed by atoms with van der Waals surface area (Å²) in [4.78, 5) is 23.4. The van der Waals surface area contributed by atoms with Crippen molar-refractivity contribution in [2.24, 2.45) is 4.99 Å². The van der Waals surface area contributed by atoms with Gasteiger partial charge in [0, 0.05) is 46.4 Å². The zero-order chi connectivity index (χ0) is 21.5. The monoisotopic (exact) mass is 417 g/mol. The lowest BCUT2D eigenvalue weighted by atomic mass is 10.1. The minimum atomic E-state index is -0.238. The summed E-state index contributed by atoms with van der Waals surface area (Å²) < 4.78 is 10.9. The van der Waals surface area contributed by atoms with Crippen LogP contribution >= 0.6 is 0 Å². The second-order valence-corrected chi connectivity index (χ2v) is 8.00. The Hall–Kier alpha value is -2.32. The highest BCUT2D eigenvalue weighted by molar-refractivity contribution is 5.82. The molecule has 2 aliphatic rings. The number of carbonyl (C=O) groups is 1. The van der Waals surface area contributed by atoms with Crippen LogP contribution in [0.3, 0.4) is 0 Å². The Morgan fingerprint density at radius 2 is 2.03 bits per heavy atom. The molecule has 0 aromatic heterocycles. The third-order valence-corrected chi connectivity index (χ3v) is 5.86. The summed E-state index contributed by atoms with van der Waals surface area (Å²) in [6.07, 6.45) is 1.59. The molecule has 2 heterocycles. The van der Waals surface area contributed by atoms with Crippen LogP contribution in [0.2, 0.25) is 0 Å². The molecule has 30 heavy (non-hydrogen) atoms. The van der Waals surface area contributed by atoms with Crippen molar-refractivity contribution in [3.63, 3.8) is 0 Å². The van der Waals surface area contributed by atoms with E-state index in [9.17, 15) is 4.79 Å². The number of rotatable bonds is 6. The lowest BCUT2D eigenvalue weighted by Gasteiger charge is -2.38. The van der Waals surface area contributed by atoms with Gasteiger partial charge in [-0.2, -0.15) is 0 Å². The van der Waals surface area contributed by atoms with Crippen LogP contribution in [0.15, 0.2) is 29.3 Å². The van der Waals surface area contributed by atoms with E-state index in [2.05, 4.69) is 46.3 Å². The van der Waals surface area contributed by atoms with Gasteiger partial charge in [0.1, 0.15) is 11.9 Å². The summed E-state index contributed by atoms with van der Waals surface area (Å²) in [5, 5.41) is 3.52. The molecule has 1 aromatic rings. The van der Waals surface area contributed by atoms with E-state index in [0.29, 0.717) is 19.7 Å². The number of hydrogen-bond acceptors (Lipinski definition) is 5. The molecule has 1 aromatic carbocycles. The van der Waals surface area contributed by atoms with Crippen LogP contribution in [0.25, 0.3) is 0 Å². The van der Waals surface area contributed by atoms with Crippen LogP contribution in [-0.4, -0.2) is 100 Å². The Morgan fingerprint density at radius 1 is 1.30 bits per heavy atom. The number of ether oxygens (including phenoxy) is 2. The molecule has 1 amide bonds. The highest BCUT2D eigenvalue weighted by Gasteiger charge is 2.31. The van der Waals surface area contributed by atoms with Gasteiger partial charge in [0.15, 0.2) is 5.96 Å². The van der Waals surface area contributed by atoms with Gasteiger partial charge in [-0.15, -0.1) is 0 Å². The fourth-order valence-electron chi connectivity index (χ4n) is 4.08. The van der Waals surface area contributed by atoms with E-state index in [4.69, 9.17) is 9.47 Å². The summed E-state index contributed by atoms with van der Waals surface area (Å²) in [5.41, 5.74) is 1.19. The molecule has 8 nitrogen and oxygen atoms in total. The molecule has 2 atom stereocenters. The first-order valence-electron chi connectivity index (χ1n) is 10.7. The zero-order valence-corrected chi connectivity index (χ0v) is 18.6. The number of carbonyl (C=O) groups excluding carboxylic acids is 1. The minimum absolute atomic E-state index is 0.140. The lowest BCUT2D eigenvalue weighted by molar-refractivity contribution is -0.142. The van der Waals surface area contributed by atoms with Gasteiger partial charge in [0.25, 0.3) is 5.91 Å². The zero-order valence-electron chi connectivity index (χ0n) is 18.6.